The highest BCUT2D eigenvalue weighted by molar-refractivity contribution is 6.33. The molecule has 0 saturated carbocycles. The first-order chi connectivity index (χ1) is 8.70. The Kier molecular flexibility index (Phi) is 2.73. The minimum Gasteiger partial charge on any atom is -0.384 e. The molecule has 0 aromatic heterocycles. The predicted octanol–water partition coefficient (Wildman–Crippen LogP) is 4.21. The van der Waals surface area contributed by atoms with Crippen molar-refractivity contribution in [3.8, 4) is 0 Å². The fraction of sp³-hybridized carbons (Fsp3) is 0.125. The van der Waals surface area contributed by atoms with Gasteiger partial charge in [0.15, 0.2) is 0 Å². The molecule has 1 aliphatic rings. The maximum atomic E-state index is 10.3. The molecule has 0 heterocycles. The third-order valence-electron chi connectivity index (χ3n) is 3.46. The van der Waals surface area contributed by atoms with Gasteiger partial charge in [0.1, 0.15) is 6.10 Å². The first kappa shape index (κ1) is 11.5. The van der Waals surface area contributed by atoms with Crippen LogP contribution in [0.4, 0.5) is 0 Å². The van der Waals surface area contributed by atoms with Crippen molar-refractivity contribution in [2.75, 3.05) is 0 Å². The van der Waals surface area contributed by atoms with Crippen LogP contribution in [-0.2, 0) is 0 Å². The maximum Gasteiger partial charge on any atom is 0.101 e. The average Bonchev–Trinajstić information content (AvgIpc) is 2.65. The minimum atomic E-state index is -0.547. The third kappa shape index (κ3) is 1.59. The lowest BCUT2D eigenvalue weighted by Gasteiger charge is -2.08. The molecule has 3 rings (SSSR count). The molecule has 0 bridgehead atoms. The van der Waals surface area contributed by atoms with Gasteiger partial charge in [-0.05, 0) is 35.3 Å². The number of aliphatic hydroxyl groups is 1. The highest BCUT2D eigenvalue weighted by atomic mass is 35.5. The zero-order valence-electron chi connectivity index (χ0n) is 10.0. The summed E-state index contributed by atoms with van der Waals surface area (Å²) in [5, 5.41) is 11.0. The molecular weight excluding hydrogens is 244 g/mol. The first-order valence-electron chi connectivity index (χ1n) is 5.93. The predicted molar refractivity (Wildman–Crippen MR) is 74.5 cm³/mol. The van der Waals surface area contributed by atoms with E-state index in [2.05, 4.69) is 0 Å². The zero-order chi connectivity index (χ0) is 12.7. The molecule has 0 fully saturated rings. The highest BCUT2D eigenvalue weighted by Gasteiger charge is 2.29. The molecule has 1 nitrogen and oxygen atoms in total. The summed E-state index contributed by atoms with van der Waals surface area (Å²) < 4.78 is 0. The second-order valence-electron chi connectivity index (χ2n) is 4.53. The van der Waals surface area contributed by atoms with Gasteiger partial charge in [0.2, 0.25) is 0 Å². The first-order valence-corrected chi connectivity index (χ1v) is 6.31. The monoisotopic (exact) mass is 256 g/mol. The molecule has 2 heteroatoms. The van der Waals surface area contributed by atoms with E-state index in [0.29, 0.717) is 5.02 Å². The molecule has 1 atom stereocenters. The Morgan fingerprint density at radius 3 is 2.44 bits per heavy atom. The number of hydrogen-bond donors (Lipinski definition) is 1. The van der Waals surface area contributed by atoms with E-state index in [1.165, 1.54) is 0 Å². The summed E-state index contributed by atoms with van der Waals surface area (Å²) in [6, 6.07) is 15.8. The van der Waals surface area contributed by atoms with Crippen LogP contribution in [0.15, 0.2) is 54.1 Å². The lowest BCUT2D eigenvalue weighted by Crippen LogP contribution is -1.93. The van der Waals surface area contributed by atoms with Crippen LogP contribution in [0.1, 0.15) is 29.7 Å². The van der Waals surface area contributed by atoms with Crippen LogP contribution in [0.5, 0.6) is 0 Å². The molecule has 0 spiro atoms. The largest absolute Gasteiger partial charge is 0.384 e. The summed E-state index contributed by atoms with van der Waals surface area (Å²) in [4.78, 5) is 0. The van der Waals surface area contributed by atoms with Crippen LogP contribution in [0.3, 0.4) is 0 Å². The Bertz CT molecular complexity index is 629. The van der Waals surface area contributed by atoms with E-state index in [1.54, 1.807) is 0 Å². The normalized spacial score (nSPS) is 18.1. The molecule has 0 amide bonds. The SMILES string of the molecule is CC1=C(c2ccccc2)c2c(Cl)cccc2C1O. The van der Waals surface area contributed by atoms with Gasteiger partial charge in [-0.2, -0.15) is 0 Å². The molecule has 0 aliphatic heterocycles. The maximum absolute atomic E-state index is 10.3. The summed E-state index contributed by atoms with van der Waals surface area (Å²) in [6.07, 6.45) is -0.547. The van der Waals surface area contributed by atoms with Gasteiger partial charge in [0, 0.05) is 10.6 Å². The van der Waals surface area contributed by atoms with E-state index < -0.39 is 6.10 Å². The summed E-state index contributed by atoms with van der Waals surface area (Å²) in [6.45, 7) is 1.96. The Morgan fingerprint density at radius 1 is 1.00 bits per heavy atom. The van der Waals surface area contributed by atoms with Gasteiger partial charge in [0.05, 0.1) is 0 Å². The lowest BCUT2D eigenvalue weighted by atomic mass is 9.98. The van der Waals surface area contributed by atoms with Crippen molar-refractivity contribution < 1.29 is 5.11 Å². The summed E-state index contributed by atoms with van der Waals surface area (Å²) in [5.74, 6) is 0. The summed E-state index contributed by atoms with van der Waals surface area (Å²) in [7, 11) is 0. The van der Waals surface area contributed by atoms with Gasteiger partial charge in [-0.1, -0.05) is 54.1 Å². The van der Waals surface area contributed by atoms with Crippen LogP contribution in [-0.4, -0.2) is 5.11 Å². The van der Waals surface area contributed by atoms with Gasteiger partial charge in [-0.25, -0.2) is 0 Å². The Labute approximate surface area is 111 Å². The smallest absolute Gasteiger partial charge is 0.101 e. The highest BCUT2D eigenvalue weighted by Crippen LogP contribution is 2.46. The van der Waals surface area contributed by atoms with E-state index in [9.17, 15) is 5.11 Å². The van der Waals surface area contributed by atoms with Crippen molar-refractivity contribution in [1.82, 2.24) is 0 Å². The van der Waals surface area contributed by atoms with E-state index >= 15 is 0 Å². The van der Waals surface area contributed by atoms with E-state index in [-0.39, 0.29) is 0 Å². The Balaban J connectivity index is 2.28. The molecule has 2 aromatic carbocycles. The van der Waals surface area contributed by atoms with Crippen molar-refractivity contribution in [2.24, 2.45) is 0 Å². The minimum absolute atomic E-state index is 0.547. The molecule has 1 N–H and O–H groups in total. The zero-order valence-corrected chi connectivity index (χ0v) is 10.8. The van der Waals surface area contributed by atoms with Crippen LogP contribution in [0, 0.1) is 0 Å². The lowest BCUT2D eigenvalue weighted by molar-refractivity contribution is 0.220. The molecule has 2 aromatic rings. The van der Waals surface area contributed by atoms with Crippen LogP contribution in [0.25, 0.3) is 5.57 Å². The molecule has 0 radical (unpaired) electrons. The average molecular weight is 257 g/mol. The Morgan fingerprint density at radius 2 is 1.72 bits per heavy atom. The fourth-order valence-electron chi connectivity index (χ4n) is 2.58. The number of benzene rings is 2. The van der Waals surface area contributed by atoms with Gasteiger partial charge in [-0.3, -0.25) is 0 Å². The third-order valence-corrected chi connectivity index (χ3v) is 3.77. The Hall–Kier alpha value is -1.57. The topological polar surface area (TPSA) is 20.2 Å². The van der Waals surface area contributed by atoms with Crippen LogP contribution < -0.4 is 0 Å². The van der Waals surface area contributed by atoms with Crippen molar-refractivity contribution in [2.45, 2.75) is 13.0 Å². The van der Waals surface area contributed by atoms with E-state index in [1.807, 2.05) is 55.5 Å². The molecular formula is C16H13ClO. The molecule has 90 valence electrons. The van der Waals surface area contributed by atoms with Gasteiger partial charge in [0.25, 0.3) is 0 Å². The second-order valence-corrected chi connectivity index (χ2v) is 4.94. The summed E-state index contributed by atoms with van der Waals surface area (Å²) >= 11 is 6.30. The number of fused-ring (bicyclic) bond motifs is 1. The van der Waals surface area contributed by atoms with Crippen molar-refractivity contribution in [3.63, 3.8) is 0 Å². The standard InChI is InChI=1S/C16H13ClO/c1-10-14(11-6-3-2-4-7-11)15-12(16(10)18)8-5-9-13(15)17/h2-9,16,18H,1H3. The molecule has 1 aliphatic carbocycles. The second kappa shape index (κ2) is 4.27. The van der Waals surface area contributed by atoms with Crippen LogP contribution >= 0.6 is 11.6 Å². The van der Waals surface area contributed by atoms with Gasteiger partial charge >= 0.3 is 0 Å². The van der Waals surface area contributed by atoms with Crippen molar-refractivity contribution in [1.29, 1.82) is 0 Å². The van der Waals surface area contributed by atoms with Gasteiger partial charge < -0.3 is 5.11 Å². The quantitative estimate of drug-likeness (QED) is 0.810. The van der Waals surface area contributed by atoms with E-state index in [4.69, 9.17) is 11.6 Å². The number of aliphatic hydroxyl groups excluding tert-OH is 1. The molecule has 18 heavy (non-hydrogen) atoms. The number of rotatable bonds is 1. The van der Waals surface area contributed by atoms with Crippen molar-refractivity contribution >= 4 is 17.2 Å². The molecule has 1 unspecified atom stereocenters. The molecule has 0 saturated heterocycles. The fourth-order valence-corrected chi connectivity index (χ4v) is 2.85. The van der Waals surface area contributed by atoms with Gasteiger partial charge in [-0.15, -0.1) is 0 Å². The van der Waals surface area contributed by atoms with Crippen molar-refractivity contribution in [3.05, 3.63) is 75.8 Å². The van der Waals surface area contributed by atoms with E-state index in [0.717, 1.165) is 27.8 Å². The van der Waals surface area contributed by atoms with Crippen LogP contribution in [0.2, 0.25) is 5.02 Å². The summed E-state index contributed by atoms with van der Waals surface area (Å²) in [5.41, 5.74) is 4.99. The number of halogens is 1. The number of hydrogen-bond acceptors (Lipinski definition) is 1.